The van der Waals surface area contributed by atoms with Gasteiger partial charge in [-0.2, -0.15) is 0 Å². The number of aromatic nitrogens is 2. The molecule has 7 nitrogen and oxygen atoms in total. The molecule has 1 heterocycles. The number of carbonyl (C=O) groups is 2. The standard InChI is InChI=1S/C21H21ClN4O3/c22-18-13-17(8-9-19(18)26-12-11-23-15-26)25-20(27)7-4-10-24-21(28)29-14-16-5-2-1-3-6-16/h1-3,5-6,8-9,11-13,15H,4,7,10,14H2,(H,24,28)(H,25,27). The average Bonchev–Trinajstić information content (AvgIpc) is 3.25. The van der Waals surface area contributed by atoms with Gasteiger partial charge in [-0.15, -0.1) is 0 Å². The molecule has 0 aliphatic rings. The van der Waals surface area contributed by atoms with Crippen LogP contribution in [0.2, 0.25) is 5.02 Å². The number of nitrogens with zero attached hydrogens (tertiary/aromatic N) is 2. The number of anilines is 1. The van der Waals surface area contributed by atoms with Crippen molar-refractivity contribution in [2.45, 2.75) is 19.4 Å². The highest BCUT2D eigenvalue weighted by Crippen LogP contribution is 2.24. The van der Waals surface area contributed by atoms with Crippen molar-refractivity contribution in [3.63, 3.8) is 0 Å². The molecule has 0 radical (unpaired) electrons. The fraction of sp³-hybridized carbons (Fsp3) is 0.190. The van der Waals surface area contributed by atoms with Crippen LogP contribution in [0.1, 0.15) is 18.4 Å². The summed E-state index contributed by atoms with van der Waals surface area (Å²) in [6.45, 7) is 0.560. The lowest BCUT2D eigenvalue weighted by Gasteiger charge is -2.10. The van der Waals surface area contributed by atoms with Gasteiger partial charge in [0.05, 0.1) is 17.0 Å². The van der Waals surface area contributed by atoms with Gasteiger partial charge in [-0.1, -0.05) is 41.9 Å². The first kappa shape index (κ1) is 20.4. The van der Waals surface area contributed by atoms with Gasteiger partial charge in [-0.25, -0.2) is 9.78 Å². The molecule has 1 aromatic heterocycles. The maximum Gasteiger partial charge on any atom is 0.407 e. The van der Waals surface area contributed by atoms with Crippen LogP contribution in [0, 0.1) is 0 Å². The summed E-state index contributed by atoms with van der Waals surface area (Å²) in [5.74, 6) is -0.157. The first-order valence-electron chi connectivity index (χ1n) is 9.14. The third kappa shape index (κ3) is 6.36. The highest BCUT2D eigenvalue weighted by molar-refractivity contribution is 6.32. The van der Waals surface area contributed by atoms with Gasteiger partial charge in [0.2, 0.25) is 5.91 Å². The van der Waals surface area contributed by atoms with E-state index in [2.05, 4.69) is 15.6 Å². The number of ether oxygens (including phenoxy) is 1. The summed E-state index contributed by atoms with van der Waals surface area (Å²) >= 11 is 6.28. The summed E-state index contributed by atoms with van der Waals surface area (Å²) in [7, 11) is 0. The Morgan fingerprint density at radius 2 is 1.97 bits per heavy atom. The van der Waals surface area contributed by atoms with Crippen LogP contribution in [-0.4, -0.2) is 28.1 Å². The fourth-order valence-corrected chi connectivity index (χ4v) is 2.91. The fourth-order valence-electron chi connectivity index (χ4n) is 2.63. The lowest BCUT2D eigenvalue weighted by Crippen LogP contribution is -2.26. The van der Waals surface area contributed by atoms with Crippen molar-refractivity contribution in [1.82, 2.24) is 14.9 Å². The smallest absolute Gasteiger partial charge is 0.407 e. The van der Waals surface area contributed by atoms with Crippen LogP contribution >= 0.6 is 11.6 Å². The minimum atomic E-state index is -0.504. The molecule has 0 saturated heterocycles. The molecule has 0 atom stereocenters. The molecule has 0 unspecified atom stereocenters. The molecule has 0 aliphatic heterocycles. The first-order chi connectivity index (χ1) is 14.1. The maximum atomic E-state index is 12.1. The summed E-state index contributed by atoms with van der Waals surface area (Å²) in [5.41, 5.74) is 2.30. The largest absolute Gasteiger partial charge is 0.445 e. The number of nitrogens with one attached hydrogen (secondary N) is 2. The second-order valence-electron chi connectivity index (χ2n) is 6.28. The van der Waals surface area contributed by atoms with Gasteiger partial charge in [-0.3, -0.25) is 4.79 Å². The Bertz CT molecular complexity index is 946. The number of imidazole rings is 1. The minimum Gasteiger partial charge on any atom is -0.445 e. The number of amides is 2. The third-order valence-corrected chi connectivity index (χ3v) is 4.38. The van der Waals surface area contributed by atoms with Gasteiger partial charge in [-0.05, 0) is 30.2 Å². The highest BCUT2D eigenvalue weighted by Gasteiger charge is 2.08. The van der Waals surface area contributed by atoms with E-state index in [1.165, 1.54) is 0 Å². The molecule has 2 aromatic carbocycles. The van der Waals surface area contributed by atoms with E-state index in [9.17, 15) is 9.59 Å². The van der Waals surface area contributed by atoms with Gasteiger partial charge in [0.1, 0.15) is 6.61 Å². The van der Waals surface area contributed by atoms with Crippen LogP contribution in [0.3, 0.4) is 0 Å². The minimum absolute atomic E-state index is 0.157. The van der Waals surface area contributed by atoms with E-state index < -0.39 is 6.09 Å². The zero-order valence-corrected chi connectivity index (χ0v) is 16.4. The Morgan fingerprint density at radius 3 is 2.69 bits per heavy atom. The first-order valence-corrected chi connectivity index (χ1v) is 9.52. The normalized spacial score (nSPS) is 10.4. The molecule has 0 saturated carbocycles. The number of halogens is 1. The van der Waals surface area contributed by atoms with Crippen molar-refractivity contribution in [1.29, 1.82) is 0 Å². The third-order valence-electron chi connectivity index (χ3n) is 4.08. The van der Waals surface area contributed by atoms with Crippen LogP contribution in [0.5, 0.6) is 0 Å². The highest BCUT2D eigenvalue weighted by atomic mass is 35.5. The lowest BCUT2D eigenvalue weighted by molar-refractivity contribution is -0.116. The Kier molecular flexibility index (Phi) is 7.24. The summed E-state index contributed by atoms with van der Waals surface area (Å²) in [4.78, 5) is 27.7. The molecule has 29 heavy (non-hydrogen) atoms. The summed E-state index contributed by atoms with van der Waals surface area (Å²) in [6.07, 6.45) is 5.36. The second kappa shape index (κ2) is 10.3. The van der Waals surface area contributed by atoms with Crippen molar-refractivity contribution in [3.8, 4) is 5.69 Å². The molecule has 3 aromatic rings. The van der Waals surface area contributed by atoms with Gasteiger partial charge < -0.3 is 19.9 Å². The van der Waals surface area contributed by atoms with Crippen molar-refractivity contribution >= 4 is 29.3 Å². The van der Waals surface area contributed by atoms with E-state index in [4.69, 9.17) is 16.3 Å². The molecule has 0 fully saturated rings. The molecule has 0 spiro atoms. The Hall–Kier alpha value is -3.32. The molecule has 8 heteroatoms. The molecular weight excluding hydrogens is 392 g/mol. The van der Waals surface area contributed by atoms with E-state index in [1.807, 2.05) is 36.4 Å². The summed E-state index contributed by atoms with van der Waals surface area (Å²) in [5, 5.41) is 5.93. The Labute approximate surface area is 173 Å². The van der Waals surface area contributed by atoms with Gasteiger partial charge in [0.15, 0.2) is 0 Å². The van der Waals surface area contributed by atoms with E-state index in [0.29, 0.717) is 23.7 Å². The van der Waals surface area contributed by atoms with Crippen LogP contribution in [0.15, 0.2) is 67.3 Å². The molecule has 150 valence electrons. The predicted octanol–water partition coefficient (Wildman–Crippen LogP) is 4.17. The van der Waals surface area contributed by atoms with Crippen molar-refractivity contribution in [2.75, 3.05) is 11.9 Å². The SMILES string of the molecule is O=C(CCCNC(=O)OCc1ccccc1)Nc1ccc(-n2ccnc2)c(Cl)c1. The van der Waals surface area contributed by atoms with Crippen molar-refractivity contribution in [3.05, 3.63) is 77.8 Å². The predicted molar refractivity (Wildman–Crippen MR) is 111 cm³/mol. The van der Waals surface area contributed by atoms with E-state index in [0.717, 1.165) is 11.3 Å². The van der Waals surface area contributed by atoms with Crippen molar-refractivity contribution < 1.29 is 14.3 Å². The zero-order chi connectivity index (χ0) is 20.5. The zero-order valence-electron chi connectivity index (χ0n) is 15.7. The Balaban J connectivity index is 1.36. The summed E-state index contributed by atoms with van der Waals surface area (Å²) in [6, 6.07) is 14.7. The maximum absolute atomic E-state index is 12.1. The quantitative estimate of drug-likeness (QED) is 0.544. The van der Waals surface area contributed by atoms with Gasteiger partial charge >= 0.3 is 6.09 Å². The molecule has 0 aliphatic carbocycles. The van der Waals surface area contributed by atoms with Crippen molar-refractivity contribution in [2.24, 2.45) is 0 Å². The number of carbonyl (C=O) groups excluding carboxylic acids is 2. The number of hydrogen-bond donors (Lipinski definition) is 2. The van der Waals surface area contributed by atoms with Gasteiger partial charge in [0, 0.05) is 31.0 Å². The van der Waals surface area contributed by atoms with E-state index >= 15 is 0 Å². The number of rotatable bonds is 8. The number of benzene rings is 2. The van der Waals surface area contributed by atoms with Crippen LogP contribution in [0.25, 0.3) is 5.69 Å². The summed E-state index contributed by atoms with van der Waals surface area (Å²) < 4.78 is 6.90. The second-order valence-corrected chi connectivity index (χ2v) is 6.68. The van der Waals surface area contributed by atoms with Crippen LogP contribution < -0.4 is 10.6 Å². The monoisotopic (exact) mass is 412 g/mol. The van der Waals surface area contributed by atoms with Crippen LogP contribution in [-0.2, 0) is 16.1 Å². The lowest BCUT2D eigenvalue weighted by atomic mass is 10.2. The van der Waals surface area contributed by atoms with Crippen LogP contribution in [0.4, 0.5) is 10.5 Å². The molecule has 2 amide bonds. The van der Waals surface area contributed by atoms with E-state index in [-0.39, 0.29) is 18.9 Å². The topological polar surface area (TPSA) is 85.3 Å². The molecule has 0 bridgehead atoms. The number of alkyl carbamates (subject to hydrolysis) is 1. The molecular formula is C21H21ClN4O3. The van der Waals surface area contributed by atoms with Gasteiger partial charge in [0.25, 0.3) is 0 Å². The molecule has 3 rings (SSSR count). The Morgan fingerprint density at radius 1 is 1.14 bits per heavy atom. The average molecular weight is 413 g/mol. The van der Waals surface area contributed by atoms with E-state index in [1.54, 1.807) is 35.4 Å². The molecule has 2 N–H and O–H groups in total. The number of hydrogen-bond acceptors (Lipinski definition) is 4.